The summed E-state index contributed by atoms with van der Waals surface area (Å²) in [7, 11) is 0. The van der Waals surface area contributed by atoms with Gasteiger partial charge in [-0.1, -0.05) is 0 Å². The Morgan fingerprint density at radius 2 is 2.25 bits per heavy atom. The number of hydrogen-bond acceptors (Lipinski definition) is 3. The van der Waals surface area contributed by atoms with Gasteiger partial charge in [-0.05, 0) is 0 Å². The Morgan fingerprint density at radius 1 is 1.58 bits per heavy atom. The van der Waals surface area contributed by atoms with Crippen molar-refractivity contribution in [2.45, 2.75) is 12.3 Å². The molecule has 0 saturated carbocycles. The normalized spacial score (nSPS) is 14.7. The predicted molar refractivity (Wildman–Crippen MR) is 46.0 cm³/mol. The van der Waals surface area contributed by atoms with E-state index in [1.807, 2.05) is 0 Å². The summed E-state index contributed by atoms with van der Waals surface area (Å²) < 4.78 is 40.7. The van der Waals surface area contributed by atoms with Crippen LogP contribution >= 0.6 is 34.3 Å². The van der Waals surface area contributed by atoms with Gasteiger partial charge in [-0.3, -0.25) is 8.05 Å². The van der Waals surface area contributed by atoms with Crippen molar-refractivity contribution in [3.8, 4) is 0 Å². The molecule has 1 heterocycles. The average Bonchev–Trinajstić information content (AvgIpc) is 2.38. The highest BCUT2D eigenvalue weighted by Gasteiger charge is 2.42. The van der Waals surface area contributed by atoms with E-state index in [-0.39, 0.29) is 4.88 Å². The number of halogens is 4. The van der Waals surface area contributed by atoms with E-state index in [0.29, 0.717) is 0 Å². The van der Waals surface area contributed by atoms with Crippen LogP contribution in [-0.4, -0.2) is 11.2 Å². The van der Waals surface area contributed by atoms with Gasteiger partial charge in [-0.15, -0.1) is 11.3 Å². The molecule has 0 aliphatic carbocycles. The second kappa shape index (κ2) is 3.88. The molecule has 0 aromatic carbocycles. The van der Waals surface area contributed by atoms with E-state index in [0.717, 1.165) is 17.5 Å². The third-order valence-corrected chi connectivity index (χ3v) is 2.42. The lowest BCUT2D eigenvalue weighted by Gasteiger charge is -2.14. The lowest BCUT2D eigenvalue weighted by molar-refractivity contribution is -0.188. The third-order valence-electron chi connectivity index (χ3n) is 1.10. The highest BCUT2D eigenvalue weighted by Crippen LogP contribution is 2.38. The van der Waals surface area contributed by atoms with Crippen molar-refractivity contribution in [2.24, 2.45) is 0 Å². The maximum absolute atomic E-state index is 12.1. The fourth-order valence-corrected chi connectivity index (χ4v) is 2.02. The topological polar surface area (TPSA) is 22.1 Å². The van der Waals surface area contributed by atoms with Gasteiger partial charge in [0.05, 0.1) is 10.4 Å². The van der Waals surface area contributed by atoms with Gasteiger partial charge >= 0.3 is 6.18 Å². The Kier molecular flexibility index (Phi) is 3.29. The van der Waals surface area contributed by atoms with Crippen LogP contribution in [0.25, 0.3) is 0 Å². The molecule has 0 aliphatic rings. The zero-order valence-corrected chi connectivity index (χ0v) is 8.48. The van der Waals surface area contributed by atoms with Gasteiger partial charge in [0.15, 0.2) is 0 Å². The van der Waals surface area contributed by atoms with E-state index in [1.165, 1.54) is 28.5 Å². The van der Waals surface area contributed by atoms with Crippen LogP contribution < -0.4 is 0 Å². The summed E-state index contributed by atoms with van der Waals surface area (Å²) in [6.07, 6.45) is -5.07. The maximum atomic E-state index is 12.1. The van der Waals surface area contributed by atoms with Crippen molar-refractivity contribution >= 4 is 34.3 Å². The molecule has 1 atom stereocenters. The lowest BCUT2D eigenvalue weighted by atomic mass is 10.3. The van der Waals surface area contributed by atoms with E-state index < -0.39 is 12.3 Å². The van der Waals surface area contributed by atoms with E-state index in [2.05, 4.69) is 8.05 Å². The molecule has 1 aromatic heterocycles. The van der Waals surface area contributed by atoms with Gasteiger partial charge in [0.1, 0.15) is 23.0 Å². The first-order valence-electron chi connectivity index (χ1n) is 2.78. The largest absolute Gasteiger partial charge is 0.420 e. The Labute approximate surface area is 84.4 Å². The van der Waals surface area contributed by atoms with E-state index in [4.69, 9.17) is 0 Å². The number of rotatable bonds is 2. The highest BCUT2D eigenvalue weighted by atomic mass is 127. The van der Waals surface area contributed by atoms with Gasteiger partial charge in [-0.2, -0.15) is 13.2 Å². The number of aromatic nitrogens is 1. The monoisotopic (exact) mass is 309 g/mol. The molecule has 0 aliphatic heterocycles. The minimum absolute atomic E-state index is 0.0666. The zero-order chi connectivity index (χ0) is 9.19. The molecule has 12 heavy (non-hydrogen) atoms. The molecule has 0 bridgehead atoms. The van der Waals surface area contributed by atoms with Crippen LogP contribution in [0.5, 0.6) is 0 Å². The standard InChI is InChI=1S/C5H3F3INOS/c6-5(7,8)4(11-9)3-1-10-2-12-3/h1-2,4H. The van der Waals surface area contributed by atoms with Crippen LogP contribution in [0.15, 0.2) is 11.7 Å². The minimum Gasteiger partial charge on any atom is -0.297 e. The van der Waals surface area contributed by atoms with E-state index in [9.17, 15) is 13.2 Å². The van der Waals surface area contributed by atoms with Crippen LogP contribution in [0.3, 0.4) is 0 Å². The van der Waals surface area contributed by atoms with Gasteiger partial charge in [0.25, 0.3) is 0 Å². The summed E-state index contributed by atoms with van der Waals surface area (Å²) in [6, 6.07) is 0. The first kappa shape index (κ1) is 10.2. The first-order chi connectivity index (χ1) is 5.55. The van der Waals surface area contributed by atoms with Crippen LogP contribution in [-0.2, 0) is 3.07 Å². The van der Waals surface area contributed by atoms with Crippen LogP contribution in [0.4, 0.5) is 13.2 Å². The minimum atomic E-state index is -4.37. The van der Waals surface area contributed by atoms with Crippen LogP contribution in [0, 0.1) is 0 Å². The first-order valence-corrected chi connectivity index (χ1v) is 4.54. The molecule has 7 heteroatoms. The van der Waals surface area contributed by atoms with E-state index in [1.54, 1.807) is 0 Å². The number of alkyl halides is 3. The third kappa shape index (κ3) is 2.30. The maximum Gasteiger partial charge on any atom is 0.420 e. The second-order valence-corrected chi connectivity index (χ2v) is 3.34. The highest BCUT2D eigenvalue weighted by molar-refractivity contribution is 14.1. The molecule has 0 radical (unpaired) electrons. The molecule has 0 fully saturated rings. The predicted octanol–water partition coefficient (Wildman–Crippen LogP) is 3.11. The number of nitrogens with zero attached hydrogens (tertiary/aromatic N) is 1. The summed E-state index contributed by atoms with van der Waals surface area (Å²) in [5, 5.41) is 0. The summed E-state index contributed by atoms with van der Waals surface area (Å²) in [6.45, 7) is 0. The van der Waals surface area contributed by atoms with Gasteiger partial charge in [0, 0.05) is 6.20 Å². The van der Waals surface area contributed by atoms with Crippen LogP contribution in [0.1, 0.15) is 11.0 Å². The van der Waals surface area contributed by atoms with Crippen molar-refractivity contribution in [3.63, 3.8) is 0 Å². The molecule has 0 amide bonds. The van der Waals surface area contributed by atoms with Crippen molar-refractivity contribution < 1.29 is 16.2 Å². The Bertz CT molecular complexity index is 237. The Balaban J connectivity index is 2.84. The molecule has 0 N–H and O–H groups in total. The quantitative estimate of drug-likeness (QED) is 0.783. The van der Waals surface area contributed by atoms with Crippen molar-refractivity contribution in [3.05, 3.63) is 16.6 Å². The lowest BCUT2D eigenvalue weighted by Crippen LogP contribution is -2.19. The molecule has 0 spiro atoms. The SMILES string of the molecule is FC(F)(F)C(OI)c1cncs1. The summed E-state index contributed by atoms with van der Waals surface area (Å²) >= 11 is 2.16. The average molecular weight is 309 g/mol. The summed E-state index contributed by atoms with van der Waals surface area (Å²) in [5.41, 5.74) is 1.34. The number of thiazole rings is 1. The fourth-order valence-electron chi connectivity index (χ4n) is 0.611. The fraction of sp³-hybridized carbons (Fsp3) is 0.400. The van der Waals surface area contributed by atoms with Crippen molar-refractivity contribution in [1.82, 2.24) is 4.98 Å². The van der Waals surface area contributed by atoms with Gasteiger partial charge in [0.2, 0.25) is 6.10 Å². The summed E-state index contributed by atoms with van der Waals surface area (Å²) in [4.78, 5) is 3.61. The molecule has 0 saturated heterocycles. The Hall–Kier alpha value is 0.110. The molecule has 68 valence electrons. The van der Waals surface area contributed by atoms with Crippen molar-refractivity contribution in [1.29, 1.82) is 0 Å². The summed E-state index contributed by atoms with van der Waals surface area (Å²) in [5.74, 6) is 0. The van der Waals surface area contributed by atoms with E-state index >= 15 is 0 Å². The molecular weight excluding hydrogens is 306 g/mol. The zero-order valence-electron chi connectivity index (χ0n) is 5.51. The van der Waals surface area contributed by atoms with Gasteiger partial charge < -0.3 is 0 Å². The van der Waals surface area contributed by atoms with Crippen molar-refractivity contribution in [2.75, 3.05) is 0 Å². The Morgan fingerprint density at radius 3 is 2.58 bits per heavy atom. The molecule has 1 aromatic rings. The molecule has 2 nitrogen and oxygen atoms in total. The number of hydrogen-bond donors (Lipinski definition) is 0. The molecular formula is C5H3F3INOS. The smallest absolute Gasteiger partial charge is 0.297 e. The van der Waals surface area contributed by atoms with Gasteiger partial charge in [-0.25, -0.2) is 0 Å². The molecule has 1 unspecified atom stereocenters. The second-order valence-electron chi connectivity index (χ2n) is 1.91. The van der Waals surface area contributed by atoms with Crippen LogP contribution in [0.2, 0.25) is 0 Å². The molecule has 1 rings (SSSR count).